The monoisotopic (exact) mass is 610 g/mol. The van der Waals surface area contributed by atoms with Gasteiger partial charge in [0.2, 0.25) is 0 Å². The molecule has 0 unspecified atom stereocenters. The Bertz CT molecular complexity index is 2750. The van der Waals surface area contributed by atoms with Crippen molar-refractivity contribution in [2.24, 2.45) is 0 Å². The molecule has 0 fully saturated rings. The summed E-state index contributed by atoms with van der Waals surface area (Å²) in [4.78, 5) is 0. The van der Waals surface area contributed by atoms with Crippen LogP contribution >= 0.6 is 0 Å². The van der Waals surface area contributed by atoms with Gasteiger partial charge in [-0.2, -0.15) is 0 Å². The van der Waals surface area contributed by atoms with E-state index in [1.54, 1.807) is 0 Å². The summed E-state index contributed by atoms with van der Waals surface area (Å²) in [6.07, 6.45) is 0. The summed E-state index contributed by atoms with van der Waals surface area (Å²) in [5, 5.41) is 7.58. The average molecular weight is 611 g/mol. The molecule has 0 radical (unpaired) electrons. The summed E-state index contributed by atoms with van der Waals surface area (Å²) in [7, 11) is 0. The normalized spacial score (nSPS) is 11.8. The summed E-state index contributed by atoms with van der Waals surface area (Å²) in [5.74, 6) is 0. The number of fused-ring (bicyclic) bond motifs is 9. The highest BCUT2D eigenvalue weighted by molar-refractivity contribution is 6.30. The van der Waals surface area contributed by atoms with E-state index >= 15 is 0 Å². The molecule has 0 atom stereocenters. The lowest BCUT2D eigenvalue weighted by Crippen LogP contribution is -1.96. The largest absolute Gasteiger partial charge is 0.309 e. The summed E-state index contributed by atoms with van der Waals surface area (Å²) in [6.45, 7) is 0. The highest BCUT2D eigenvalue weighted by Gasteiger charge is 2.21. The second kappa shape index (κ2) is 10.6. The van der Waals surface area contributed by atoms with Crippen molar-refractivity contribution in [2.75, 3.05) is 0 Å². The Morgan fingerprint density at radius 1 is 0.292 bits per heavy atom. The molecular formula is C46H30N2. The van der Waals surface area contributed by atoms with Crippen molar-refractivity contribution in [3.63, 3.8) is 0 Å². The Balaban J connectivity index is 1.37. The zero-order valence-corrected chi connectivity index (χ0v) is 26.2. The van der Waals surface area contributed by atoms with Gasteiger partial charge < -0.3 is 9.13 Å². The van der Waals surface area contributed by atoms with Crippen molar-refractivity contribution in [2.45, 2.75) is 0 Å². The number of rotatable bonds is 4. The van der Waals surface area contributed by atoms with Crippen LogP contribution in [0.3, 0.4) is 0 Å². The van der Waals surface area contributed by atoms with Gasteiger partial charge in [-0.1, -0.05) is 133 Å². The smallest absolute Gasteiger partial charge is 0.0626 e. The minimum absolute atomic E-state index is 1.15. The molecule has 10 rings (SSSR count). The fraction of sp³-hybridized carbons (Fsp3) is 0. The van der Waals surface area contributed by atoms with E-state index in [1.807, 2.05) is 0 Å². The van der Waals surface area contributed by atoms with Gasteiger partial charge in [-0.15, -0.1) is 0 Å². The predicted octanol–water partition coefficient (Wildman–Crippen LogP) is 12.4. The Kier molecular flexibility index (Phi) is 5.91. The van der Waals surface area contributed by atoms with Gasteiger partial charge in [0.1, 0.15) is 0 Å². The SMILES string of the molecule is c1ccc(-c2cc(-c3ccccc3)cc(-n3c4ccccc4c4c5c(ccc6c7ccccc7n(-c7ccccc7)c65)ccc43)c2)cc1. The molecule has 8 aromatic carbocycles. The topological polar surface area (TPSA) is 9.86 Å². The summed E-state index contributed by atoms with van der Waals surface area (Å²) in [6, 6.07) is 66.2. The molecule has 2 heteroatoms. The predicted molar refractivity (Wildman–Crippen MR) is 203 cm³/mol. The molecule has 0 aliphatic carbocycles. The zero-order valence-electron chi connectivity index (χ0n) is 26.2. The van der Waals surface area contributed by atoms with Crippen LogP contribution in [0.4, 0.5) is 0 Å². The van der Waals surface area contributed by atoms with Crippen LogP contribution in [0.1, 0.15) is 0 Å². The molecule has 0 amide bonds. The third-order valence-corrected chi connectivity index (χ3v) is 9.86. The summed E-state index contributed by atoms with van der Waals surface area (Å²) >= 11 is 0. The maximum atomic E-state index is 2.47. The van der Waals surface area contributed by atoms with Crippen LogP contribution < -0.4 is 0 Å². The molecule has 224 valence electrons. The minimum Gasteiger partial charge on any atom is -0.309 e. The average Bonchev–Trinajstić information content (AvgIpc) is 3.69. The standard InChI is InChI=1S/C46H30N2/c1-4-14-31(15-5-1)34-28-35(32-16-6-2-7-17-32)30-37(29-34)47-42-23-13-11-21-40(42)45-43(47)27-25-33-24-26-39-38-20-10-12-22-41(38)48(46(39)44(33)45)36-18-8-3-9-19-36/h1-30H. The lowest BCUT2D eigenvalue weighted by Gasteiger charge is -2.14. The Hall–Kier alpha value is -6.38. The van der Waals surface area contributed by atoms with Gasteiger partial charge in [-0.25, -0.2) is 0 Å². The van der Waals surface area contributed by atoms with E-state index in [0.717, 1.165) is 5.69 Å². The van der Waals surface area contributed by atoms with Crippen LogP contribution in [0.25, 0.3) is 88.0 Å². The second-order valence-electron chi connectivity index (χ2n) is 12.6. The van der Waals surface area contributed by atoms with Gasteiger partial charge >= 0.3 is 0 Å². The molecule has 0 bridgehead atoms. The van der Waals surface area contributed by atoms with E-state index in [4.69, 9.17) is 0 Å². The molecular weight excluding hydrogens is 581 g/mol. The lowest BCUT2D eigenvalue weighted by molar-refractivity contribution is 1.18. The van der Waals surface area contributed by atoms with Crippen LogP contribution in [0.15, 0.2) is 182 Å². The first-order valence-corrected chi connectivity index (χ1v) is 16.5. The molecule has 0 aliphatic rings. The third kappa shape index (κ3) is 4.00. The zero-order chi connectivity index (χ0) is 31.6. The van der Waals surface area contributed by atoms with Crippen molar-refractivity contribution in [1.29, 1.82) is 0 Å². The van der Waals surface area contributed by atoms with E-state index in [2.05, 4.69) is 191 Å². The van der Waals surface area contributed by atoms with Crippen LogP contribution in [0.5, 0.6) is 0 Å². The Labute approximate surface area is 278 Å². The van der Waals surface area contributed by atoms with Gasteiger partial charge in [0, 0.05) is 38.3 Å². The Morgan fingerprint density at radius 2 is 0.833 bits per heavy atom. The fourth-order valence-electron chi connectivity index (χ4n) is 7.78. The van der Waals surface area contributed by atoms with Crippen LogP contribution in [-0.2, 0) is 0 Å². The number of nitrogens with zero attached hydrogens (tertiary/aromatic N) is 2. The highest BCUT2D eigenvalue weighted by atomic mass is 15.0. The van der Waals surface area contributed by atoms with E-state index in [1.165, 1.54) is 82.3 Å². The van der Waals surface area contributed by atoms with E-state index < -0.39 is 0 Å². The fourth-order valence-corrected chi connectivity index (χ4v) is 7.78. The van der Waals surface area contributed by atoms with E-state index in [-0.39, 0.29) is 0 Å². The van der Waals surface area contributed by atoms with Crippen LogP contribution in [0, 0.1) is 0 Å². The number of hydrogen-bond donors (Lipinski definition) is 0. The number of para-hydroxylation sites is 3. The highest BCUT2D eigenvalue weighted by Crippen LogP contribution is 2.44. The second-order valence-corrected chi connectivity index (χ2v) is 12.6. The van der Waals surface area contributed by atoms with Crippen LogP contribution in [0.2, 0.25) is 0 Å². The van der Waals surface area contributed by atoms with Gasteiger partial charge in [0.25, 0.3) is 0 Å². The minimum atomic E-state index is 1.15. The van der Waals surface area contributed by atoms with Crippen molar-refractivity contribution >= 4 is 54.4 Å². The summed E-state index contributed by atoms with van der Waals surface area (Å²) in [5.41, 5.74) is 12.0. The molecule has 0 N–H and O–H groups in total. The molecule has 2 nitrogen and oxygen atoms in total. The Morgan fingerprint density at radius 3 is 1.50 bits per heavy atom. The van der Waals surface area contributed by atoms with E-state index in [9.17, 15) is 0 Å². The third-order valence-electron chi connectivity index (χ3n) is 9.86. The van der Waals surface area contributed by atoms with Crippen molar-refractivity contribution in [1.82, 2.24) is 9.13 Å². The van der Waals surface area contributed by atoms with Crippen molar-refractivity contribution in [3.05, 3.63) is 182 Å². The maximum absolute atomic E-state index is 2.47. The van der Waals surface area contributed by atoms with Gasteiger partial charge in [0.15, 0.2) is 0 Å². The van der Waals surface area contributed by atoms with Crippen molar-refractivity contribution in [3.8, 4) is 33.6 Å². The molecule has 10 aromatic rings. The first-order valence-electron chi connectivity index (χ1n) is 16.5. The van der Waals surface area contributed by atoms with Gasteiger partial charge in [-0.3, -0.25) is 0 Å². The van der Waals surface area contributed by atoms with E-state index in [0.29, 0.717) is 0 Å². The van der Waals surface area contributed by atoms with Crippen LogP contribution in [-0.4, -0.2) is 9.13 Å². The molecule has 2 heterocycles. The molecule has 0 saturated heterocycles. The number of aromatic nitrogens is 2. The molecule has 2 aromatic heterocycles. The van der Waals surface area contributed by atoms with Gasteiger partial charge in [-0.05, 0) is 76.2 Å². The molecule has 48 heavy (non-hydrogen) atoms. The maximum Gasteiger partial charge on any atom is 0.0626 e. The number of hydrogen-bond acceptors (Lipinski definition) is 0. The first-order chi connectivity index (χ1) is 23.8. The van der Waals surface area contributed by atoms with Gasteiger partial charge in [0.05, 0.1) is 22.1 Å². The first kappa shape index (κ1) is 26.8. The molecule has 0 aliphatic heterocycles. The molecule has 0 spiro atoms. The quantitative estimate of drug-likeness (QED) is 0.188. The van der Waals surface area contributed by atoms with Crippen molar-refractivity contribution < 1.29 is 0 Å². The lowest BCUT2D eigenvalue weighted by atomic mass is 9.98. The molecule has 0 saturated carbocycles. The summed E-state index contributed by atoms with van der Waals surface area (Å²) < 4.78 is 4.93. The number of benzene rings is 8.